The Morgan fingerprint density at radius 2 is 0.830 bits per heavy atom. The quantitative estimate of drug-likeness (QED) is 0.304. The highest BCUT2D eigenvalue weighted by atomic mass is 16.6. The van der Waals surface area contributed by atoms with Crippen LogP contribution in [0.2, 0.25) is 0 Å². The van der Waals surface area contributed by atoms with Crippen LogP contribution in [0, 0.1) is 0 Å². The van der Waals surface area contributed by atoms with Gasteiger partial charge in [0.2, 0.25) is 0 Å². The summed E-state index contributed by atoms with van der Waals surface area (Å²) in [7, 11) is 0. The van der Waals surface area contributed by atoms with Crippen molar-refractivity contribution in [3.05, 3.63) is 94.0 Å². The van der Waals surface area contributed by atoms with Crippen molar-refractivity contribution in [2.75, 3.05) is 62.7 Å². The molecule has 5 aliphatic heterocycles. The maximum atomic E-state index is 11.9. The zero-order valence-electron chi connectivity index (χ0n) is 25.9. The van der Waals surface area contributed by atoms with Gasteiger partial charge in [-0.05, 0) is 69.4 Å². The van der Waals surface area contributed by atoms with E-state index in [1.165, 1.54) is 10.8 Å². The SMILES string of the molecule is O=C(O)c1ccc2c(c1)N1Cc3ccc4c5c(ccc(c35)C1)CN(C4)c1cc(C(=O)O)ccc1OCCOCCOCCOCCO2. The molecule has 0 aliphatic carbocycles. The molecule has 0 saturated heterocycles. The van der Waals surface area contributed by atoms with Crippen molar-refractivity contribution in [2.45, 2.75) is 26.2 Å². The van der Waals surface area contributed by atoms with Crippen molar-refractivity contribution in [1.82, 2.24) is 0 Å². The lowest BCUT2D eigenvalue weighted by Gasteiger charge is -2.36. The molecule has 47 heavy (non-hydrogen) atoms. The van der Waals surface area contributed by atoms with Gasteiger partial charge in [0.1, 0.15) is 24.7 Å². The van der Waals surface area contributed by atoms with E-state index in [1.807, 2.05) is 0 Å². The standard InChI is InChI=1S/C36H36N2O9/c39-35(40)23-5-7-31-29(17-23)37-19-25-1-2-26-20-38(22-28-4-3-27(21-37)33(25)34(26)28)30-18-24(36(41)42)6-8-32(30)47-16-14-45-12-10-43-9-11-44-13-15-46-31/h1-8,17-18H,9-16,19-22H2,(H,39,40)(H,41,42). The molecule has 5 heterocycles. The Bertz CT molecular complexity index is 1640. The maximum Gasteiger partial charge on any atom is 0.335 e. The molecule has 11 nitrogen and oxygen atoms in total. The molecule has 4 aromatic carbocycles. The predicted molar refractivity (Wildman–Crippen MR) is 174 cm³/mol. The van der Waals surface area contributed by atoms with E-state index < -0.39 is 11.9 Å². The third kappa shape index (κ3) is 6.42. The summed E-state index contributed by atoms with van der Waals surface area (Å²) in [5.41, 5.74) is 6.43. The zero-order chi connectivity index (χ0) is 32.3. The molecule has 0 unspecified atom stereocenters. The number of carboxylic acids is 2. The first-order chi connectivity index (χ1) is 23.0. The van der Waals surface area contributed by atoms with Gasteiger partial charge >= 0.3 is 11.9 Å². The number of rotatable bonds is 2. The lowest BCUT2D eigenvalue weighted by Crippen LogP contribution is -2.30. The lowest BCUT2D eigenvalue weighted by molar-refractivity contribution is 0.00502. The van der Waals surface area contributed by atoms with Gasteiger partial charge in [0.05, 0.1) is 62.1 Å². The van der Waals surface area contributed by atoms with Crippen LogP contribution in [-0.4, -0.2) is 75.0 Å². The lowest BCUT2D eigenvalue weighted by atomic mass is 9.87. The molecule has 4 aromatic rings. The van der Waals surface area contributed by atoms with Crippen molar-refractivity contribution < 1.29 is 43.5 Å². The summed E-state index contributed by atoms with van der Waals surface area (Å²) < 4.78 is 29.2. The first kappa shape index (κ1) is 30.8. The molecule has 9 rings (SSSR count). The van der Waals surface area contributed by atoms with Crippen LogP contribution in [0.3, 0.4) is 0 Å². The largest absolute Gasteiger partial charge is 0.489 e. The average Bonchev–Trinajstić information content (AvgIpc) is 3.08. The highest BCUT2D eigenvalue weighted by Gasteiger charge is 2.28. The summed E-state index contributed by atoms with van der Waals surface area (Å²) in [6.45, 7) is 5.31. The fourth-order valence-corrected chi connectivity index (χ4v) is 6.59. The summed E-state index contributed by atoms with van der Waals surface area (Å²) in [4.78, 5) is 28.2. The normalized spacial score (nSPS) is 17.1. The highest BCUT2D eigenvalue weighted by molar-refractivity contribution is 5.97. The first-order valence-corrected chi connectivity index (χ1v) is 15.7. The number of carboxylic acid groups (broad SMARTS) is 2. The Hall–Kier alpha value is -4.84. The highest BCUT2D eigenvalue weighted by Crippen LogP contribution is 2.43. The van der Waals surface area contributed by atoms with E-state index in [0.29, 0.717) is 90.5 Å². The van der Waals surface area contributed by atoms with E-state index in [-0.39, 0.29) is 11.1 Å². The summed E-state index contributed by atoms with van der Waals surface area (Å²) in [5, 5.41) is 22.0. The van der Waals surface area contributed by atoms with Gasteiger partial charge in [-0.15, -0.1) is 0 Å². The molecule has 0 saturated carbocycles. The second-order valence-electron chi connectivity index (χ2n) is 11.7. The fourth-order valence-electron chi connectivity index (χ4n) is 6.59. The van der Waals surface area contributed by atoms with Crippen molar-refractivity contribution in [2.24, 2.45) is 0 Å². The molecule has 2 N–H and O–H groups in total. The van der Waals surface area contributed by atoms with Crippen molar-refractivity contribution in [3.63, 3.8) is 0 Å². The fraction of sp³-hybridized carbons (Fsp3) is 0.333. The molecule has 0 spiro atoms. The van der Waals surface area contributed by atoms with Gasteiger partial charge < -0.3 is 43.7 Å². The molecule has 0 aromatic heterocycles. The zero-order valence-corrected chi connectivity index (χ0v) is 25.9. The topological polar surface area (TPSA) is 127 Å². The van der Waals surface area contributed by atoms with Crippen molar-refractivity contribution in [3.8, 4) is 11.5 Å². The summed E-state index contributed by atoms with van der Waals surface area (Å²) in [6.07, 6.45) is 0. The Labute approximate surface area is 271 Å². The van der Waals surface area contributed by atoms with E-state index in [1.54, 1.807) is 36.4 Å². The minimum Gasteiger partial charge on any atom is -0.489 e. The van der Waals surface area contributed by atoms with Crippen LogP contribution < -0.4 is 19.3 Å². The van der Waals surface area contributed by atoms with Crippen LogP contribution in [0.4, 0.5) is 11.4 Å². The van der Waals surface area contributed by atoms with Crippen LogP contribution in [0.15, 0.2) is 60.7 Å². The number of carbonyl (C=O) groups is 2. The first-order valence-electron chi connectivity index (χ1n) is 15.7. The molecule has 0 atom stereocenters. The smallest absolute Gasteiger partial charge is 0.335 e. The Balaban J connectivity index is 1.24. The van der Waals surface area contributed by atoms with E-state index in [2.05, 4.69) is 34.1 Å². The van der Waals surface area contributed by atoms with E-state index in [0.717, 1.165) is 33.6 Å². The molecule has 11 heteroatoms. The number of fused-ring (bicyclic) bond motifs is 2. The minimum absolute atomic E-state index is 0.195. The number of benzene rings is 4. The number of ether oxygens (including phenoxy) is 5. The number of hydrogen-bond acceptors (Lipinski definition) is 9. The van der Waals surface area contributed by atoms with Crippen LogP contribution >= 0.6 is 0 Å². The van der Waals surface area contributed by atoms with Crippen molar-refractivity contribution >= 4 is 34.1 Å². The van der Waals surface area contributed by atoms with E-state index in [9.17, 15) is 19.8 Å². The Morgan fingerprint density at radius 1 is 0.489 bits per heavy atom. The summed E-state index contributed by atoms with van der Waals surface area (Å²) in [5.74, 6) is -0.790. The van der Waals surface area contributed by atoms with Gasteiger partial charge in [0, 0.05) is 26.2 Å². The second kappa shape index (κ2) is 13.5. The van der Waals surface area contributed by atoms with Gasteiger partial charge in [-0.3, -0.25) is 0 Å². The van der Waals surface area contributed by atoms with Gasteiger partial charge in [-0.25, -0.2) is 9.59 Å². The number of nitrogens with zero attached hydrogens (tertiary/aromatic N) is 2. The second-order valence-corrected chi connectivity index (χ2v) is 11.7. The molecule has 0 fully saturated rings. The Kier molecular flexibility index (Phi) is 8.84. The van der Waals surface area contributed by atoms with Gasteiger partial charge in [0.15, 0.2) is 0 Å². The van der Waals surface area contributed by atoms with Gasteiger partial charge in [0.25, 0.3) is 0 Å². The molecule has 0 amide bonds. The molecular weight excluding hydrogens is 604 g/mol. The number of aromatic carboxylic acids is 2. The molecule has 8 bridgehead atoms. The van der Waals surface area contributed by atoms with Gasteiger partial charge in [-0.2, -0.15) is 0 Å². The average molecular weight is 641 g/mol. The maximum absolute atomic E-state index is 11.9. The van der Waals surface area contributed by atoms with Gasteiger partial charge in [-0.1, -0.05) is 24.3 Å². The summed E-state index contributed by atoms with van der Waals surface area (Å²) >= 11 is 0. The number of anilines is 2. The van der Waals surface area contributed by atoms with Crippen LogP contribution in [0.25, 0.3) is 10.8 Å². The van der Waals surface area contributed by atoms with E-state index >= 15 is 0 Å². The van der Waals surface area contributed by atoms with E-state index in [4.69, 9.17) is 23.7 Å². The van der Waals surface area contributed by atoms with Crippen LogP contribution in [0.1, 0.15) is 43.0 Å². The Morgan fingerprint density at radius 3 is 1.17 bits per heavy atom. The minimum atomic E-state index is -0.996. The third-order valence-electron chi connectivity index (χ3n) is 8.76. The molecular formula is C36H36N2O9. The molecule has 244 valence electrons. The number of hydrogen-bond donors (Lipinski definition) is 2. The predicted octanol–water partition coefficient (Wildman–Crippen LogP) is 5.10. The monoisotopic (exact) mass is 640 g/mol. The molecule has 0 radical (unpaired) electrons. The van der Waals surface area contributed by atoms with Crippen LogP contribution in [0.5, 0.6) is 11.5 Å². The molecule has 5 aliphatic rings. The van der Waals surface area contributed by atoms with Crippen LogP contribution in [-0.2, 0) is 40.4 Å². The van der Waals surface area contributed by atoms with Crippen molar-refractivity contribution in [1.29, 1.82) is 0 Å². The third-order valence-corrected chi connectivity index (χ3v) is 8.76. The summed E-state index contributed by atoms with van der Waals surface area (Å²) in [6, 6.07) is 18.5.